The third kappa shape index (κ3) is 3.14. The van der Waals surface area contributed by atoms with Crippen LogP contribution in [-0.4, -0.2) is 38.3 Å². The van der Waals surface area contributed by atoms with Gasteiger partial charge in [0.2, 0.25) is 11.8 Å². The van der Waals surface area contributed by atoms with Crippen molar-refractivity contribution in [2.24, 2.45) is 5.92 Å². The second kappa shape index (κ2) is 5.72. The minimum atomic E-state index is -2.94. The summed E-state index contributed by atoms with van der Waals surface area (Å²) in [6.45, 7) is 0.346. The maximum atomic E-state index is 12.4. The first-order valence-electron chi connectivity index (χ1n) is 7.31. The molecular formula is C15H18N2O4S. The number of carbonyl (C=O) groups is 2. The largest absolute Gasteiger partial charge is 0.355 e. The van der Waals surface area contributed by atoms with Gasteiger partial charge < -0.3 is 10.6 Å². The van der Waals surface area contributed by atoms with E-state index in [1.165, 1.54) is 0 Å². The van der Waals surface area contributed by atoms with Gasteiger partial charge in [0.25, 0.3) is 0 Å². The molecule has 0 aromatic heterocycles. The maximum Gasteiger partial charge on any atom is 0.228 e. The highest BCUT2D eigenvalue weighted by molar-refractivity contribution is 7.91. The van der Waals surface area contributed by atoms with Gasteiger partial charge in [-0.3, -0.25) is 9.59 Å². The average molecular weight is 322 g/mol. The Balaban J connectivity index is 1.67. The first kappa shape index (κ1) is 15.0. The Bertz CT molecular complexity index is 714. The van der Waals surface area contributed by atoms with Crippen molar-refractivity contribution in [2.75, 3.05) is 23.4 Å². The summed E-state index contributed by atoms with van der Waals surface area (Å²) >= 11 is 0. The summed E-state index contributed by atoms with van der Waals surface area (Å²) in [5.41, 5.74) is 1.47. The number of amides is 2. The third-order valence-electron chi connectivity index (χ3n) is 4.21. The highest BCUT2D eigenvalue weighted by Gasteiger charge is 2.32. The van der Waals surface area contributed by atoms with Crippen molar-refractivity contribution in [2.45, 2.75) is 18.8 Å². The van der Waals surface area contributed by atoms with E-state index >= 15 is 0 Å². The van der Waals surface area contributed by atoms with Gasteiger partial charge in [0.1, 0.15) is 0 Å². The van der Waals surface area contributed by atoms with E-state index in [-0.39, 0.29) is 35.7 Å². The van der Waals surface area contributed by atoms with Gasteiger partial charge in [0.05, 0.1) is 17.4 Å². The van der Waals surface area contributed by atoms with E-state index in [2.05, 4.69) is 10.6 Å². The second-order valence-corrected chi connectivity index (χ2v) is 8.14. The Morgan fingerprint density at radius 3 is 2.82 bits per heavy atom. The second-order valence-electron chi connectivity index (χ2n) is 5.91. The van der Waals surface area contributed by atoms with Crippen LogP contribution in [0.1, 0.15) is 24.3 Å². The summed E-state index contributed by atoms with van der Waals surface area (Å²) in [4.78, 5) is 24.1. The van der Waals surface area contributed by atoms with Crippen LogP contribution in [0.3, 0.4) is 0 Å². The lowest BCUT2D eigenvalue weighted by Crippen LogP contribution is -2.37. The minimum absolute atomic E-state index is 0.0263. The van der Waals surface area contributed by atoms with Gasteiger partial charge in [-0.05, 0) is 24.0 Å². The van der Waals surface area contributed by atoms with Crippen molar-refractivity contribution in [3.05, 3.63) is 29.8 Å². The average Bonchev–Trinajstić information content (AvgIpc) is 2.83. The van der Waals surface area contributed by atoms with Crippen LogP contribution in [0.4, 0.5) is 5.69 Å². The smallest absolute Gasteiger partial charge is 0.228 e. The molecule has 22 heavy (non-hydrogen) atoms. The number of nitrogens with one attached hydrogen (secondary N) is 2. The summed E-state index contributed by atoms with van der Waals surface area (Å²) in [5, 5.41) is 5.56. The van der Waals surface area contributed by atoms with Crippen LogP contribution in [0.25, 0.3) is 0 Å². The molecule has 2 amide bonds. The highest BCUT2D eigenvalue weighted by atomic mass is 32.2. The summed E-state index contributed by atoms with van der Waals surface area (Å²) in [7, 11) is -2.94. The minimum Gasteiger partial charge on any atom is -0.355 e. The number of benzene rings is 1. The van der Waals surface area contributed by atoms with Gasteiger partial charge in [0, 0.05) is 18.7 Å². The SMILES string of the molecule is O=C1C[C@@H](C(=O)NC[C@H]2CCS(=O)(=O)C2)c2ccccc2N1. The number of hydrogen-bond acceptors (Lipinski definition) is 4. The Hall–Kier alpha value is -1.89. The van der Waals surface area contributed by atoms with E-state index in [0.717, 1.165) is 5.56 Å². The van der Waals surface area contributed by atoms with E-state index in [9.17, 15) is 18.0 Å². The molecule has 0 aliphatic carbocycles. The molecule has 0 spiro atoms. The predicted molar refractivity (Wildman–Crippen MR) is 82.2 cm³/mol. The molecule has 2 aliphatic rings. The lowest BCUT2D eigenvalue weighted by molar-refractivity contribution is -0.126. The number of para-hydroxylation sites is 1. The molecule has 0 saturated carbocycles. The van der Waals surface area contributed by atoms with Gasteiger partial charge in [-0.2, -0.15) is 0 Å². The zero-order valence-electron chi connectivity index (χ0n) is 12.0. The Morgan fingerprint density at radius 1 is 1.32 bits per heavy atom. The quantitative estimate of drug-likeness (QED) is 0.855. The molecule has 3 rings (SSSR count). The molecule has 1 fully saturated rings. The van der Waals surface area contributed by atoms with Crippen molar-refractivity contribution >= 4 is 27.3 Å². The molecule has 2 N–H and O–H groups in total. The lowest BCUT2D eigenvalue weighted by atomic mass is 9.89. The monoisotopic (exact) mass is 322 g/mol. The zero-order chi connectivity index (χ0) is 15.7. The molecule has 1 aromatic carbocycles. The molecule has 2 atom stereocenters. The number of fused-ring (bicyclic) bond motifs is 1. The summed E-state index contributed by atoms with van der Waals surface area (Å²) in [6, 6.07) is 7.25. The normalized spacial score (nSPS) is 26.1. The number of carbonyl (C=O) groups excluding carboxylic acids is 2. The number of hydrogen-bond donors (Lipinski definition) is 2. The lowest BCUT2D eigenvalue weighted by Gasteiger charge is -2.25. The molecule has 2 aliphatic heterocycles. The third-order valence-corrected chi connectivity index (χ3v) is 6.04. The summed E-state index contributed by atoms with van der Waals surface area (Å²) in [5.74, 6) is -0.601. The maximum absolute atomic E-state index is 12.4. The standard InChI is InChI=1S/C15H18N2O4S/c18-14-7-12(11-3-1-2-4-13(11)17-14)15(19)16-8-10-5-6-22(20,21)9-10/h1-4,10,12H,5-9H2,(H,16,19)(H,17,18)/t10-,12-/m1/s1. The summed E-state index contributed by atoms with van der Waals surface area (Å²) in [6.07, 6.45) is 0.705. The molecule has 2 heterocycles. The number of sulfone groups is 1. The van der Waals surface area contributed by atoms with Crippen LogP contribution in [0.2, 0.25) is 0 Å². The van der Waals surface area contributed by atoms with E-state index < -0.39 is 15.8 Å². The number of rotatable bonds is 3. The van der Waals surface area contributed by atoms with Gasteiger partial charge in [-0.1, -0.05) is 18.2 Å². The molecule has 1 saturated heterocycles. The fourth-order valence-corrected chi connectivity index (χ4v) is 4.91. The van der Waals surface area contributed by atoms with Crippen LogP contribution in [-0.2, 0) is 19.4 Å². The Labute approximate surface area is 129 Å². The fraction of sp³-hybridized carbons (Fsp3) is 0.467. The van der Waals surface area contributed by atoms with Gasteiger partial charge in [-0.25, -0.2) is 8.42 Å². The highest BCUT2D eigenvalue weighted by Crippen LogP contribution is 2.32. The Kier molecular flexibility index (Phi) is 3.90. The summed E-state index contributed by atoms with van der Waals surface area (Å²) < 4.78 is 22.9. The molecule has 7 heteroatoms. The fourth-order valence-electron chi connectivity index (χ4n) is 3.05. The van der Waals surface area contributed by atoms with Crippen LogP contribution >= 0.6 is 0 Å². The first-order chi connectivity index (χ1) is 10.4. The zero-order valence-corrected chi connectivity index (χ0v) is 12.9. The van der Waals surface area contributed by atoms with Crippen LogP contribution in [0, 0.1) is 5.92 Å². The predicted octanol–water partition coefficient (Wildman–Crippen LogP) is 0.663. The van der Waals surface area contributed by atoms with Gasteiger partial charge in [0.15, 0.2) is 9.84 Å². The van der Waals surface area contributed by atoms with Crippen LogP contribution in [0.5, 0.6) is 0 Å². The van der Waals surface area contributed by atoms with E-state index in [1.54, 1.807) is 6.07 Å². The molecule has 0 bridgehead atoms. The van der Waals surface area contributed by atoms with Crippen molar-refractivity contribution in [1.82, 2.24) is 5.32 Å². The molecule has 6 nitrogen and oxygen atoms in total. The van der Waals surface area contributed by atoms with Crippen molar-refractivity contribution in [3.8, 4) is 0 Å². The molecule has 0 radical (unpaired) electrons. The topological polar surface area (TPSA) is 92.3 Å². The number of anilines is 1. The molecule has 1 aromatic rings. The van der Waals surface area contributed by atoms with E-state index in [4.69, 9.17) is 0 Å². The van der Waals surface area contributed by atoms with Crippen molar-refractivity contribution in [3.63, 3.8) is 0 Å². The van der Waals surface area contributed by atoms with E-state index in [1.807, 2.05) is 18.2 Å². The van der Waals surface area contributed by atoms with Gasteiger partial charge >= 0.3 is 0 Å². The van der Waals surface area contributed by atoms with Crippen molar-refractivity contribution in [1.29, 1.82) is 0 Å². The van der Waals surface area contributed by atoms with Crippen LogP contribution in [0.15, 0.2) is 24.3 Å². The molecule has 118 valence electrons. The van der Waals surface area contributed by atoms with Crippen molar-refractivity contribution < 1.29 is 18.0 Å². The Morgan fingerprint density at radius 2 is 2.09 bits per heavy atom. The first-order valence-corrected chi connectivity index (χ1v) is 9.14. The van der Waals surface area contributed by atoms with Gasteiger partial charge in [-0.15, -0.1) is 0 Å². The molecule has 0 unspecified atom stereocenters. The van der Waals surface area contributed by atoms with Crippen LogP contribution < -0.4 is 10.6 Å². The molecular weight excluding hydrogens is 304 g/mol. The van der Waals surface area contributed by atoms with E-state index in [0.29, 0.717) is 18.7 Å².